The molecule has 1 aliphatic rings. The summed E-state index contributed by atoms with van der Waals surface area (Å²) >= 11 is 0. The zero-order valence-electron chi connectivity index (χ0n) is 16.5. The van der Waals surface area contributed by atoms with Gasteiger partial charge in [-0.25, -0.2) is 9.38 Å². The highest BCUT2D eigenvalue weighted by Crippen LogP contribution is 2.19. The number of aromatic amines is 1. The van der Waals surface area contributed by atoms with Crippen LogP contribution in [0.1, 0.15) is 37.0 Å². The van der Waals surface area contributed by atoms with Crippen molar-refractivity contribution >= 4 is 40.8 Å². The second-order valence-electron chi connectivity index (χ2n) is 7.02. The number of fused-ring (bicyclic) bond motifs is 2. The van der Waals surface area contributed by atoms with E-state index in [0.29, 0.717) is 6.54 Å². The molecule has 0 bridgehead atoms. The Hall–Kier alpha value is -2.17. The normalized spacial score (nSPS) is 13.8. The molecule has 29 heavy (non-hydrogen) atoms. The molecule has 0 spiro atoms. The Labute approximate surface area is 186 Å². The number of hydrogen-bond acceptors (Lipinski definition) is 3. The van der Waals surface area contributed by atoms with E-state index in [1.807, 2.05) is 19.2 Å². The third-order valence-electron chi connectivity index (χ3n) is 5.08. The van der Waals surface area contributed by atoms with Crippen molar-refractivity contribution in [1.29, 1.82) is 0 Å². The number of nitrogens with zero attached hydrogens (tertiary/aromatic N) is 4. The first-order valence-corrected chi connectivity index (χ1v) is 9.93. The van der Waals surface area contributed by atoms with Crippen LogP contribution in [0.3, 0.4) is 0 Å². The van der Waals surface area contributed by atoms with Crippen LogP contribution in [-0.2, 0) is 25.9 Å². The van der Waals surface area contributed by atoms with Crippen LogP contribution in [-0.4, -0.2) is 38.8 Å². The standard InChI is InChI=1S/C20H26FN7.HI/c1-2-22-20(25-13-19-27-26-18-5-3-4-10-28(18)19)23-9-8-14-12-24-17-11-15(21)6-7-16(14)17;/h6-7,11-12,24H,2-5,8-10,13H2,1H3,(H2,22,23,25);1H. The van der Waals surface area contributed by atoms with E-state index < -0.39 is 0 Å². The Morgan fingerprint density at radius 3 is 3.03 bits per heavy atom. The van der Waals surface area contributed by atoms with Gasteiger partial charge >= 0.3 is 0 Å². The van der Waals surface area contributed by atoms with Gasteiger partial charge in [0.2, 0.25) is 0 Å². The van der Waals surface area contributed by atoms with Gasteiger partial charge in [-0.05, 0) is 49.9 Å². The highest BCUT2D eigenvalue weighted by atomic mass is 127. The molecule has 0 saturated carbocycles. The number of hydrogen-bond donors (Lipinski definition) is 3. The number of guanidine groups is 1. The lowest BCUT2D eigenvalue weighted by Gasteiger charge is -2.14. The molecule has 2 aromatic heterocycles. The van der Waals surface area contributed by atoms with Gasteiger partial charge in [0, 0.05) is 43.2 Å². The van der Waals surface area contributed by atoms with Gasteiger partial charge in [0.05, 0.1) is 0 Å². The predicted octanol–water partition coefficient (Wildman–Crippen LogP) is 3.15. The molecule has 0 unspecified atom stereocenters. The average molecular weight is 511 g/mol. The average Bonchev–Trinajstić information content (AvgIpc) is 3.30. The first kappa shape index (κ1) is 21.5. The molecule has 1 aromatic carbocycles. The first-order chi connectivity index (χ1) is 13.7. The number of halogens is 2. The molecule has 7 nitrogen and oxygen atoms in total. The highest BCUT2D eigenvalue weighted by molar-refractivity contribution is 14.0. The second kappa shape index (κ2) is 10.0. The van der Waals surface area contributed by atoms with Gasteiger partial charge in [-0.15, -0.1) is 34.2 Å². The van der Waals surface area contributed by atoms with Crippen molar-refractivity contribution in [2.24, 2.45) is 4.99 Å². The van der Waals surface area contributed by atoms with Crippen molar-refractivity contribution < 1.29 is 4.39 Å². The molecular weight excluding hydrogens is 484 g/mol. The summed E-state index contributed by atoms with van der Waals surface area (Å²) in [5.74, 6) is 2.54. The summed E-state index contributed by atoms with van der Waals surface area (Å²) in [5.41, 5.74) is 1.98. The minimum absolute atomic E-state index is 0. The van der Waals surface area contributed by atoms with E-state index in [0.717, 1.165) is 66.6 Å². The lowest BCUT2D eigenvalue weighted by molar-refractivity contribution is 0.508. The van der Waals surface area contributed by atoms with Crippen LogP contribution in [0.4, 0.5) is 4.39 Å². The van der Waals surface area contributed by atoms with Crippen molar-refractivity contribution in [1.82, 2.24) is 30.4 Å². The fourth-order valence-corrected chi connectivity index (χ4v) is 3.66. The molecule has 156 valence electrons. The van der Waals surface area contributed by atoms with Crippen molar-refractivity contribution in [3.8, 4) is 0 Å². The molecule has 3 heterocycles. The Morgan fingerprint density at radius 1 is 1.28 bits per heavy atom. The number of aromatic nitrogens is 4. The molecule has 0 fully saturated rings. The fourth-order valence-electron chi connectivity index (χ4n) is 3.66. The smallest absolute Gasteiger partial charge is 0.191 e. The van der Waals surface area contributed by atoms with Crippen LogP contribution in [0.15, 0.2) is 29.4 Å². The van der Waals surface area contributed by atoms with Gasteiger partial charge in [0.15, 0.2) is 11.8 Å². The van der Waals surface area contributed by atoms with Gasteiger partial charge < -0.3 is 20.2 Å². The molecule has 4 rings (SSSR count). The SMILES string of the molecule is CCNC(=NCc1nnc2n1CCCC2)NCCc1c[nH]c2cc(F)ccc12.I. The molecule has 9 heteroatoms. The maximum Gasteiger partial charge on any atom is 0.191 e. The first-order valence-electron chi connectivity index (χ1n) is 9.93. The van der Waals surface area contributed by atoms with E-state index >= 15 is 0 Å². The molecule has 0 aliphatic carbocycles. The lowest BCUT2D eigenvalue weighted by atomic mass is 10.1. The molecule has 0 saturated heterocycles. The summed E-state index contributed by atoms with van der Waals surface area (Å²) in [6.07, 6.45) is 6.12. The highest BCUT2D eigenvalue weighted by Gasteiger charge is 2.15. The van der Waals surface area contributed by atoms with Crippen molar-refractivity contribution in [3.05, 3.63) is 47.4 Å². The third-order valence-corrected chi connectivity index (χ3v) is 5.08. The van der Waals surface area contributed by atoms with Crippen molar-refractivity contribution in [3.63, 3.8) is 0 Å². The number of rotatable bonds is 6. The van der Waals surface area contributed by atoms with Crippen molar-refractivity contribution in [2.45, 2.75) is 45.7 Å². The number of aliphatic imine (C=N–C) groups is 1. The minimum atomic E-state index is -0.226. The van der Waals surface area contributed by atoms with E-state index in [1.165, 1.54) is 25.0 Å². The Balaban J connectivity index is 0.00000240. The van der Waals surface area contributed by atoms with Gasteiger partial charge in [0.25, 0.3) is 0 Å². The Bertz CT molecular complexity index is 979. The number of aryl methyl sites for hydroxylation is 1. The van der Waals surface area contributed by atoms with Crippen LogP contribution in [0, 0.1) is 5.82 Å². The summed E-state index contributed by atoms with van der Waals surface area (Å²) in [7, 11) is 0. The second-order valence-corrected chi connectivity index (χ2v) is 7.02. The largest absolute Gasteiger partial charge is 0.361 e. The fraction of sp³-hybridized carbons (Fsp3) is 0.450. The number of benzene rings is 1. The molecule has 3 aromatic rings. The monoisotopic (exact) mass is 511 g/mol. The number of nitrogens with one attached hydrogen (secondary N) is 3. The summed E-state index contributed by atoms with van der Waals surface area (Å²) < 4.78 is 15.5. The van der Waals surface area contributed by atoms with Gasteiger partial charge in [-0.2, -0.15) is 0 Å². The van der Waals surface area contributed by atoms with E-state index in [4.69, 9.17) is 0 Å². The summed E-state index contributed by atoms with van der Waals surface area (Å²) in [5, 5.41) is 16.3. The van der Waals surface area contributed by atoms with Gasteiger partial charge in [0.1, 0.15) is 18.2 Å². The number of H-pyrrole nitrogens is 1. The zero-order valence-corrected chi connectivity index (χ0v) is 18.9. The Morgan fingerprint density at radius 2 is 2.17 bits per heavy atom. The van der Waals surface area contributed by atoms with Crippen molar-refractivity contribution in [2.75, 3.05) is 13.1 Å². The topological polar surface area (TPSA) is 82.9 Å². The maximum atomic E-state index is 13.3. The van der Waals surface area contributed by atoms with E-state index in [9.17, 15) is 4.39 Å². The van der Waals surface area contributed by atoms with Crippen LogP contribution in [0.2, 0.25) is 0 Å². The molecular formula is C20H27FIN7. The van der Waals surface area contributed by atoms with E-state index in [1.54, 1.807) is 0 Å². The van der Waals surface area contributed by atoms with E-state index in [2.05, 4.69) is 35.4 Å². The summed E-state index contributed by atoms with van der Waals surface area (Å²) in [4.78, 5) is 7.80. The van der Waals surface area contributed by atoms with Crippen LogP contribution >= 0.6 is 24.0 Å². The lowest BCUT2D eigenvalue weighted by Crippen LogP contribution is -2.38. The third kappa shape index (κ3) is 5.06. The van der Waals surface area contributed by atoms with Crippen LogP contribution < -0.4 is 10.6 Å². The predicted molar refractivity (Wildman–Crippen MR) is 123 cm³/mol. The molecule has 3 N–H and O–H groups in total. The maximum absolute atomic E-state index is 13.3. The summed E-state index contributed by atoms with van der Waals surface area (Å²) in [6, 6.07) is 4.85. The van der Waals surface area contributed by atoms with Gasteiger partial charge in [-0.1, -0.05) is 0 Å². The molecule has 0 atom stereocenters. The zero-order chi connectivity index (χ0) is 19.3. The van der Waals surface area contributed by atoms with Crippen LogP contribution in [0.25, 0.3) is 10.9 Å². The summed E-state index contributed by atoms with van der Waals surface area (Å²) in [6.45, 7) is 5.06. The van der Waals surface area contributed by atoms with E-state index in [-0.39, 0.29) is 29.8 Å². The Kier molecular flexibility index (Phi) is 7.45. The molecule has 0 amide bonds. The minimum Gasteiger partial charge on any atom is -0.361 e. The van der Waals surface area contributed by atoms with Gasteiger partial charge in [-0.3, -0.25) is 0 Å². The quantitative estimate of drug-likeness (QED) is 0.270. The van der Waals surface area contributed by atoms with Crippen LogP contribution in [0.5, 0.6) is 0 Å². The molecule has 0 radical (unpaired) electrons. The molecule has 1 aliphatic heterocycles.